The summed E-state index contributed by atoms with van der Waals surface area (Å²) in [6.07, 6.45) is 0. The predicted octanol–water partition coefficient (Wildman–Crippen LogP) is 3.77. The van der Waals surface area contributed by atoms with Gasteiger partial charge in [0, 0.05) is 31.1 Å². The van der Waals surface area contributed by atoms with Crippen LogP contribution >= 0.6 is 11.8 Å². The lowest BCUT2D eigenvalue weighted by atomic mass is 10.2. The number of hydrogen-bond donors (Lipinski definition) is 1. The molecule has 0 radical (unpaired) electrons. The lowest BCUT2D eigenvalue weighted by Gasteiger charge is -2.35. The van der Waals surface area contributed by atoms with Gasteiger partial charge in [0.05, 0.1) is 29.6 Å². The van der Waals surface area contributed by atoms with Crippen LogP contribution < -0.4 is 10.2 Å². The van der Waals surface area contributed by atoms with Crippen molar-refractivity contribution in [1.82, 2.24) is 4.90 Å². The largest absolute Gasteiger partial charge is 0.367 e. The Hall–Kier alpha value is -2.70. The Labute approximate surface area is 171 Å². The van der Waals surface area contributed by atoms with E-state index in [0.717, 1.165) is 0 Å². The van der Waals surface area contributed by atoms with Crippen LogP contribution in [0, 0.1) is 17.1 Å². The fourth-order valence-electron chi connectivity index (χ4n) is 3.14. The first-order chi connectivity index (χ1) is 14.0. The number of thioether (sulfide) groups is 1. The van der Waals surface area contributed by atoms with Gasteiger partial charge in [-0.2, -0.15) is 14.0 Å². The predicted molar refractivity (Wildman–Crippen MR) is 107 cm³/mol. The number of halogens is 3. The Kier molecular flexibility index (Phi) is 7.01. The van der Waals surface area contributed by atoms with Crippen LogP contribution in [0.25, 0.3) is 0 Å². The zero-order valence-electron chi connectivity index (χ0n) is 15.4. The van der Waals surface area contributed by atoms with Crippen molar-refractivity contribution in [2.24, 2.45) is 0 Å². The minimum Gasteiger partial charge on any atom is -0.367 e. The van der Waals surface area contributed by atoms with Crippen molar-refractivity contribution in [2.75, 3.05) is 42.9 Å². The summed E-state index contributed by atoms with van der Waals surface area (Å²) in [6, 6.07) is 12.7. The molecule has 0 aliphatic carbocycles. The zero-order chi connectivity index (χ0) is 20.8. The Morgan fingerprint density at radius 1 is 1.17 bits per heavy atom. The number of benzene rings is 2. The molecule has 1 fully saturated rings. The van der Waals surface area contributed by atoms with Crippen molar-refractivity contribution in [3.8, 4) is 6.07 Å². The number of nitrogens with zero attached hydrogens (tertiary/aromatic N) is 3. The molecule has 0 unspecified atom stereocenters. The molecule has 2 aromatic carbocycles. The first kappa shape index (κ1) is 21.0. The van der Waals surface area contributed by atoms with Crippen LogP contribution in [-0.4, -0.2) is 49.3 Å². The summed E-state index contributed by atoms with van der Waals surface area (Å²) < 4.78 is 39.5. The van der Waals surface area contributed by atoms with E-state index in [4.69, 9.17) is 5.26 Å². The van der Waals surface area contributed by atoms with E-state index in [-0.39, 0.29) is 18.0 Å². The van der Waals surface area contributed by atoms with Crippen LogP contribution in [0.2, 0.25) is 0 Å². The second-order valence-electron chi connectivity index (χ2n) is 6.46. The van der Waals surface area contributed by atoms with Gasteiger partial charge in [0.25, 0.3) is 5.76 Å². The molecular formula is C20H19F3N4OS. The summed E-state index contributed by atoms with van der Waals surface area (Å²) in [5, 5.41) is 11.5. The Morgan fingerprint density at radius 2 is 1.90 bits per heavy atom. The van der Waals surface area contributed by atoms with E-state index in [0.29, 0.717) is 54.2 Å². The maximum absolute atomic E-state index is 14.2. The summed E-state index contributed by atoms with van der Waals surface area (Å²) in [5.74, 6) is -3.29. The summed E-state index contributed by atoms with van der Waals surface area (Å²) in [4.78, 5) is 16.5. The average Bonchev–Trinajstić information content (AvgIpc) is 2.70. The van der Waals surface area contributed by atoms with Gasteiger partial charge in [-0.1, -0.05) is 23.9 Å². The molecule has 1 aliphatic heterocycles. The minimum absolute atomic E-state index is 0.122. The second kappa shape index (κ2) is 9.67. The van der Waals surface area contributed by atoms with Crippen molar-refractivity contribution >= 4 is 29.0 Å². The SMILES string of the molecule is N#Cc1ccc(N2CCN(CC(=O)Nc3ccccc3SC(F)F)CC2)c(F)c1. The standard InChI is InChI=1S/C20H19F3N4OS/c21-15-11-14(12-24)5-6-17(15)27-9-7-26(8-10-27)13-19(28)25-16-3-1-2-4-18(16)29-20(22)23/h1-6,11,20H,7-10,13H2,(H,25,28). The van der Waals surface area contributed by atoms with Gasteiger partial charge in [0.1, 0.15) is 5.82 Å². The topological polar surface area (TPSA) is 59.4 Å². The number of piperazine rings is 1. The minimum atomic E-state index is -2.57. The Balaban J connectivity index is 1.54. The molecular weight excluding hydrogens is 401 g/mol. The number of hydrogen-bond acceptors (Lipinski definition) is 5. The highest BCUT2D eigenvalue weighted by Crippen LogP contribution is 2.31. The molecule has 3 rings (SSSR count). The van der Waals surface area contributed by atoms with Gasteiger partial charge in [-0.15, -0.1) is 0 Å². The number of amides is 1. The summed E-state index contributed by atoms with van der Waals surface area (Å²) >= 11 is 0.391. The highest BCUT2D eigenvalue weighted by molar-refractivity contribution is 7.99. The van der Waals surface area contributed by atoms with Crippen molar-refractivity contribution < 1.29 is 18.0 Å². The van der Waals surface area contributed by atoms with Gasteiger partial charge in [-0.25, -0.2) is 4.39 Å². The fourth-order valence-corrected chi connectivity index (χ4v) is 3.74. The van der Waals surface area contributed by atoms with Crippen LogP contribution in [0.15, 0.2) is 47.4 Å². The monoisotopic (exact) mass is 420 g/mol. The second-order valence-corrected chi connectivity index (χ2v) is 7.50. The van der Waals surface area contributed by atoms with E-state index in [1.165, 1.54) is 12.1 Å². The molecule has 29 heavy (non-hydrogen) atoms. The van der Waals surface area contributed by atoms with Gasteiger partial charge in [0.2, 0.25) is 5.91 Å². The third kappa shape index (κ3) is 5.65. The third-order valence-electron chi connectivity index (χ3n) is 4.53. The number of anilines is 2. The third-order valence-corrected chi connectivity index (χ3v) is 5.32. The molecule has 0 spiro atoms. The molecule has 5 nitrogen and oxygen atoms in total. The molecule has 152 valence electrons. The molecule has 0 aromatic heterocycles. The van der Waals surface area contributed by atoms with E-state index in [1.807, 2.05) is 15.9 Å². The number of nitriles is 1. The summed E-state index contributed by atoms with van der Waals surface area (Å²) in [5.41, 5.74) is 1.07. The molecule has 0 bridgehead atoms. The number of rotatable bonds is 6. The van der Waals surface area contributed by atoms with Gasteiger partial charge in [0.15, 0.2) is 0 Å². The van der Waals surface area contributed by atoms with Gasteiger partial charge in [-0.05, 0) is 30.3 Å². The van der Waals surface area contributed by atoms with Crippen molar-refractivity contribution in [3.63, 3.8) is 0 Å². The van der Waals surface area contributed by atoms with E-state index in [2.05, 4.69) is 5.32 Å². The number of alkyl halides is 2. The zero-order valence-corrected chi connectivity index (χ0v) is 16.3. The molecule has 1 N–H and O–H groups in total. The summed E-state index contributed by atoms with van der Waals surface area (Å²) in [7, 11) is 0. The average molecular weight is 420 g/mol. The maximum atomic E-state index is 14.2. The molecule has 1 aliphatic rings. The van der Waals surface area contributed by atoms with Crippen molar-refractivity contribution in [3.05, 3.63) is 53.8 Å². The molecule has 1 saturated heterocycles. The van der Waals surface area contributed by atoms with Crippen LogP contribution in [0.4, 0.5) is 24.5 Å². The molecule has 9 heteroatoms. The Bertz CT molecular complexity index is 911. The van der Waals surface area contributed by atoms with E-state index in [1.54, 1.807) is 30.3 Å². The van der Waals surface area contributed by atoms with E-state index < -0.39 is 11.6 Å². The summed E-state index contributed by atoms with van der Waals surface area (Å²) in [6.45, 7) is 2.31. The number of nitrogens with one attached hydrogen (secondary N) is 1. The fraction of sp³-hybridized carbons (Fsp3) is 0.300. The highest BCUT2D eigenvalue weighted by atomic mass is 32.2. The quantitative estimate of drug-likeness (QED) is 0.721. The molecule has 1 heterocycles. The first-order valence-electron chi connectivity index (χ1n) is 8.97. The van der Waals surface area contributed by atoms with E-state index >= 15 is 0 Å². The molecule has 0 saturated carbocycles. The number of para-hydroxylation sites is 1. The van der Waals surface area contributed by atoms with Crippen LogP contribution in [0.3, 0.4) is 0 Å². The van der Waals surface area contributed by atoms with Crippen LogP contribution in [0.5, 0.6) is 0 Å². The van der Waals surface area contributed by atoms with Crippen LogP contribution in [0.1, 0.15) is 5.56 Å². The lowest BCUT2D eigenvalue weighted by molar-refractivity contribution is -0.117. The lowest BCUT2D eigenvalue weighted by Crippen LogP contribution is -2.49. The number of carbonyl (C=O) groups excluding carboxylic acids is 1. The van der Waals surface area contributed by atoms with Crippen molar-refractivity contribution in [2.45, 2.75) is 10.7 Å². The van der Waals surface area contributed by atoms with E-state index in [9.17, 15) is 18.0 Å². The first-order valence-corrected chi connectivity index (χ1v) is 9.85. The Morgan fingerprint density at radius 3 is 2.55 bits per heavy atom. The number of carbonyl (C=O) groups is 1. The van der Waals surface area contributed by atoms with Gasteiger partial charge >= 0.3 is 0 Å². The smallest absolute Gasteiger partial charge is 0.288 e. The maximum Gasteiger partial charge on any atom is 0.288 e. The highest BCUT2D eigenvalue weighted by Gasteiger charge is 2.22. The normalized spacial score (nSPS) is 14.7. The molecule has 0 atom stereocenters. The molecule has 1 amide bonds. The van der Waals surface area contributed by atoms with Gasteiger partial charge in [-0.3, -0.25) is 9.69 Å². The molecule has 2 aromatic rings. The van der Waals surface area contributed by atoms with Gasteiger partial charge < -0.3 is 10.2 Å². The van der Waals surface area contributed by atoms with Crippen LogP contribution in [-0.2, 0) is 4.79 Å². The van der Waals surface area contributed by atoms with Crippen molar-refractivity contribution in [1.29, 1.82) is 5.26 Å².